The lowest BCUT2D eigenvalue weighted by atomic mass is 10.2. The van der Waals surface area contributed by atoms with E-state index in [-0.39, 0.29) is 41.9 Å². The highest BCUT2D eigenvalue weighted by molar-refractivity contribution is 5.93. The third-order valence-electron chi connectivity index (χ3n) is 2.04. The summed E-state index contributed by atoms with van der Waals surface area (Å²) in [4.78, 5) is 24.9. The van der Waals surface area contributed by atoms with Crippen LogP contribution in [0, 0.1) is 10.1 Å². The standard InChI is InChI=1S/C10H13N5O3.2ClH/c11-3-1-2-4-13-10-8(15(17)18)5-7(6-14-10)9(12)16;;/h1-2,5-6H,3-4,11H2,(H2,12,16)(H,13,14);2*1H. The van der Waals surface area contributed by atoms with Crippen LogP contribution in [0.25, 0.3) is 0 Å². The molecule has 0 fully saturated rings. The summed E-state index contributed by atoms with van der Waals surface area (Å²) >= 11 is 0. The molecule has 0 aliphatic carbocycles. The van der Waals surface area contributed by atoms with Crippen molar-refractivity contribution in [3.8, 4) is 0 Å². The molecule has 10 heteroatoms. The highest BCUT2D eigenvalue weighted by Gasteiger charge is 2.17. The first-order valence-corrected chi connectivity index (χ1v) is 5.09. The number of halogens is 2. The lowest BCUT2D eigenvalue weighted by molar-refractivity contribution is -0.384. The molecule has 8 nitrogen and oxygen atoms in total. The van der Waals surface area contributed by atoms with Crippen LogP contribution < -0.4 is 16.8 Å². The number of amides is 1. The number of hydrogen-bond acceptors (Lipinski definition) is 6. The quantitative estimate of drug-likeness (QED) is 0.403. The molecule has 0 saturated heterocycles. The van der Waals surface area contributed by atoms with E-state index in [0.29, 0.717) is 13.1 Å². The molecule has 1 aromatic rings. The van der Waals surface area contributed by atoms with Crippen LogP contribution in [-0.4, -0.2) is 28.9 Å². The van der Waals surface area contributed by atoms with Crippen LogP contribution in [0.1, 0.15) is 10.4 Å². The molecule has 1 amide bonds. The summed E-state index contributed by atoms with van der Waals surface area (Å²) in [7, 11) is 0. The van der Waals surface area contributed by atoms with Crippen LogP contribution in [0.4, 0.5) is 11.5 Å². The number of nitrogens with two attached hydrogens (primary N) is 2. The zero-order valence-corrected chi connectivity index (χ0v) is 11.9. The van der Waals surface area contributed by atoms with Crippen molar-refractivity contribution in [2.45, 2.75) is 0 Å². The van der Waals surface area contributed by atoms with Crippen molar-refractivity contribution >= 4 is 42.2 Å². The van der Waals surface area contributed by atoms with Gasteiger partial charge in [0, 0.05) is 25.4 Å². The zero-order chi connectivity index (χ0) is 13.5. The van der Waals surface area contributed by atoms with Gasteiger partial charge < -0.3 is 16.8 Å². The number of rotatable bonds is 6. The Hall–Kier alpha value is -1.90. The van der Waals surface area contributed by atoms with Gasteiger partial charge >= 0.3 is 5.69 Å². The number of hydrogen-bond donors (Lipinski definition) is 3. The van der Waals surface area contributed by atoms with Crippen molar-refractivity contribution in [2.75, 3.05) is 18.4 Å². The summed E-state index contributed by atoms with van der Waals surface area (Å²) in [6.45, 7) is 0.735. The fourth-order valence-corrected chi connectivity index (χ4v) is 1.20. The monoisotopic (exact) mass is 323 g/mol. The Labute approximate surface area is 127 Å². The van der Waals surface area contributed by atoms with E-state index in [2.05, 4.69) is 10.3 Å². The van der Waals surface area contributed by atoms with E-state index in [1.807, 2.05) is 0 Å². The molecule has 1 heterocycles. The second-order valence-corrected chi connectivity index (χ2v) is 3.30. The number of anilines is 1. The molecule has 0 aliphatic heterocycles. The number of nitrogens with one attached hydrogen (secondary N) is 1. The molecule has 0 aromatic carbocycles. The van der Waals surface area contributed by atoms with E-state index in [4.69, 9.17) is 11.5 Å². The van der Waals surface area contributed by atoms with Gasteiger partial charge in [0.25, 0.3) is 5.91 Å². The number of nitro groups is 1. The van der Waals surface area contributed by atoms with E-state index >= 15 is 0 Å². The first-order chi connectivity index (χ1) is 8.56. The molecule has 0 radical (unpaired) electrons. The van der Waals surface area contributed by atoms with Crippen LogP contribution in [-0.2, 0) is 0 Å². The third-order valence-corrected chi connectivity index (χ3v) is 2.04. The molecule has 20 heavy (non-hydrogen) atoms. The first-order valence-electron chi connectivity index (χ1n) is 5.09. The summed E-state index contributed by atoms with van der Waals surface area (Å²) in [5, 5.41) is 13.6. The van der Waals surface area contributed by atoms with Gasteiger partial charge in [0.05, 0.1) is 10.5 Å². The van der Waals surface area contributed by atoms with E-state index in [9.17, 15) is 14.9 Å². The number of primary amides is 1. The van der Waals surface area contributed by atoms with E-state index < -0.39 is 10.8 Å². The van der Waals surface area contributed by atoms with Gasteiger partial charge in [-0.15, -0.1) is 24.8 Å². The predicted octanol–water partition coefficient (Wildman–Crippen LogP) is 0.859. The molecule has 1 rings (SSSR count). The summed E-state index contributed by atoms with van der Waals surface area (Å²) in [5.74, 6) is -0.688. The second kappa shape index (κ2) is 9.96. The summed E-state index contributed by atoms with van der Waals surface area (Å²) in [6.07, 6.45) is 4.61. The molecule has 0 aliphatic rings. The van der Waals surface area contributed by atoms with Crippen molar-refractivity contribution in [3.05, 3.63) is 40.1 Å². The van der Waals surface area contributed by atoms with Crippen LogP contribution in [0.2, 0.25) is 0 Å². The average molecular weight is 324 g/mol. The minimum absolute atomic E-state index is 0. The third kappa shape index (κ3) is 5.83. The molecule has 0 atom stereocenters. The fourth-order valence-electron chi connectivity index (χ4n) is 1.20. The molecular formula is C10H15Cl2N5O3. The maximum absolute atomic E-state index is 10.9. The molecule has 112 valence electrons. The maximum Gasteiger partial charge on any atom is 0.312 e. The smallest absolute Gasteiger partial charge is 0.312 e. The summed E-state index contributed by atoms with van der Waals surface area (Å²) in [6, 6.07) is 1.09. The van der Waals surface area contributed by atoms with Gasteiger partial charge in [-0.25, -0.2) is 4.98 Å². The Morgan fingerprint density at radius 3 is 2.60 bits per heavy atom. The van der Waals surface area contributed by atoms with Gasteiger partial charge in [-0.1, -0.05) is 12.2 Å². The normalized spacial score (nSPS) is 9.45. The maximum atomic E-state index is 10.9. The second-order valence-electron chi connectivity index (χ2n) is 3.30. The Morgan fingerprint density at radius 2 is 2.10 bits per heavy atom. The Bertz CT molecular complexity index is 496. The van der Waals surface area contributed by atoms with Gasteiger partial charge in [0.1, 0.15) is 0 Å². The van der Waals surface area contributed by atoms with Gasteiger partial charge in [-0.3, -0.25) is 14.9 Å². The SMILES string of the molecule is Cl.Cl.NCC=CCNc1ncc(C(N)=O)cc1[N+](=O)[O-]. The van der Waals surface area contributed by atoms with Crippen molar-refractivity contribution in [2.24, 2.45) is 11.5 Å². The summed E-state index contributed by atoms with van der Waals surface area (Å²) < 4.78 is 0. The predicted molar refractivity (Wildman–Crippen MR) is 80.6 cm³/mol. The number of carbonyl (C=O) groups excluding carboxylic acids is 1. The topological polar surface area (TPSA) is 137 Å². The first kappa shape index (κ1) is 20.4. The van der Waals surface area contributed by atoms with Crippen molar-refractivity contribution in [3.63, 3.8) is 0 Å². The Kier molecular flexibility index (Phi) is 10.2. The number of pyridine rings is 1. The number of carbonyl (C=O) groups is 1. The van der Waals surface area contributed by atoms with Crippen molar-refractivity contribution in [1.29, 1.82) is 0 Å². The van der Waals surface area contributed by atoms with E-state index in [1.54, 1.807) is 12.2 Å². The van der Waals surface area contributed by atoms with Crippen molar-refractivity contribution < 1.29 is 9.72 Å². The van der Waals surface area contributed by atoms with Gasteiger partial charge in [-0.2, -0.15) is 0 Å². The van der Waals surface area contributed by atoms with E-state index in [0.717, 1.165) is 6.07 Å². The van der Waals surface area contributed by atoms with Crippen LogP contribution in [0.3, 0.4) is 0 Å². The lowest BCUT2D eigenvalue weighted by Gasteiger charge is -2.04. The van der Waals surface area contributed by atoms with Gasteiger partial charge in [0.15, 0.2) is 0 Å². The number of nitrogens with zero attached hydrogens (tertiary/aromatic N) is 2. The molecule has 0 saturated carbocycles. The molecule has 0 spiro atoms. The van der Waals surface area contributed by atoms with Crippen LogP contribution in [0.5, 0.6) is 0 Å². The average Bonchev–Trinajstić information content (AvgIpc) is 2.34. The van der Waals surface area contributed by atoms with E-state index in [1.165, 1.54) is 6.20 Å². The van der Waals surface area contributed by atoms with Gasteiger partial charge in [0.2, 0.25) is 5.82 Å². The fraction of sp³-hybridized carbons (Fsp3) is 0.200. The Balaban J connectivity index is 0. The molecule has 0 unspecified atom stereocenters. The Morgan fingerprint density at radius 1 is 1.45 bits per heavy atom. The molecule has 0 bridgehead atoms. The minimum atomic E-state index is -0.764. The van der Waals surface area contributed by atoms with Crippen molar-refractivity contribution in [1.82, 2.24) is 4.98 Å². The highest BCUT2D eigenvalue weighted by atomic mass is 35.5. The lowest BCUT2D eigenvalue weighted by Crippen LogP contribution is -2.13. The van der Waals surface area contributed by atoms with Gasteiger partial charge in [-0.05, 0) is 0 Å². The molecule has 1 aromatic heterocycles. The zero-order valence-electron chi connectivity index (χ0n) is 10.3. The largest absolute Gasteiger partial charge is 0.366 e. The number of aromatic nitrogens is 1. The van der Waals surface area contributed by atoms with Crippen LogP contribution in [0.15, 0.2) is 24.4 Å². The minimum Gasteiger partial charge on any atom is -0.366 e. The molecule has 5 N–H and O–H groups in total. The summed E-state index contributed by atoms with van der Waals surface area (Å²) in [5.41, 5.74) is 9.97. The highest BCUT2D eigenvalue weighted by Crippen LogP contribution is 2.22. The van der Waals surface area contributed by atoms with Crippen LogP contribution >= 0.6 is 24.8 Å². The molecular weight excluding hydrogens is 309 g/mol.